The molecule has 2 N–H and O–H groups in total. The van der Waals surface area contributed by atoms with Crippen molar-refractivity contribution in [1.29, 1.82) is 0 Å². The molecule has 2 amide bonds. The van der Waals surface area contributed by atoms with E-state index >= 15 is 0 Å². The Morgan fingerprint density at radius 3 is 2.38 bits per heavy atom. The van der Waals surface area contributed by atoms with Crippen LogP contribution in [0.4, 0.5) is 5.69 Å². The summed E-state index contributed by atoms with van der Waals surface area (Å²) in [6.45, 7) is 2.90. The van der Waals surface area contributed by atoms with Gasteiger partial charge in [0.25, 0.3) is 11.8 Å². The average Bonchev–Trinajstić information content (AvgIpc) is 2.62. The van der Waals surface area contributed by atoms with Gasteiger partial charge >= 0.3 is 5.97 Å². The number of amides is 2. The number of carbonyl (C=O) groups excluding carboxylic acids is 3. The molecule has 0 unspecified atom stereocenters. The Bertz CT molecular complexity index is 805. The Hall–Kier alpha value is -2.86. The Morgan fingerprint density at radius 1 is 1.08 bits per heavy atom. The van der Waals surface area contributed by atoms with E-state index < -0.39 is 30.4 Å². The molecule has 7 heteroatoms. The summed E-state index contributed by atoms with van der Waals surface area (Å²) in [6, 6.07) is 12.6. The van der Waals surface area contributed by atoms with E-state index in [1.807, 2.05) is 19.1 Å². The lowest BCUT2D eigenvalue weighted by Gasteiger charge is -2.14. The number of anilines is 1. The number of rotatable bonds is 6. The summed E-state index contributed by atoms with van der Waals surface area (Å²) in [5, 5.41) is 5.68. The number of nitrogens with one attached hydrogen (secondary N) is 2. The Kier molecular flexibility index (Phi) is 6.74. The summed E-state index contributed by atoms with van der Waals surface area (Å²) in [6.07, 6.45) is 0. The van der Waals surface area contributed by atoms with Crippen molar-refractivity contribution in [3.8, 4) is 0 Å². The van der Waals surface area contributed by atoms with Crippen LogP contribution in [0, 0.1) is 6.92 Å². The van der Waals surface area contributed by atoms with Crippen molar-refractivity contribution in [3.05, 3.63) is 64.7 Å². The van der Waals surface area contributed by atoms with Crippen molar-refractivity contribution < 1.29 is 19.1 Å². The van der Waals surface area contributed by atoms with Gasteiger partial charge in [-0.05, 0) is 49.7 Å². The minimum atomic E-state index is -0.899. The number of halogens is 1. The van der Waals surface area contributed by atoms with Gasteiger partial charge in [-0.1, -0.05) is 29.8 Å². The molecule has 136 valence electrons. The number of para-hydroxylation sites is 1. The third-order valence-electron chi connectivity index (χ3n) is 3.57. The lowest BCUT2D eigenvalue weighted by molar-refractivity contribution is -0.148. The quantitative estimate of drug-likeness (QED) is 0.761. The first kappa shape index (κ1) is 19.5. The van der Waals surface area contributed by atoms with Crippen LogP contribution >= 0.6 is 11.6 Å². The summed E-state index contributed by atoms with van der Waals surface area (Å²) < 4.78 is 4.95. The summed E-state index contributed by atoms with van der Waals surface area (Å²) in [4.78, 5) is 35.9. The second kappa shape index (κ2) is 9.01. The Labute approximate surface area is 156 Å². The minimum absolute atomic E-state index is 0.367. The molecule has 2 aromatic carbocycles. The second-order valence-electron chi connectivity index (χ2n) is 5.67. The fraction of sp³-hybridized carbons (Fsp3) is 0.211. The van der Waals surface area contributed by atoms with E-state index in [-0.39, 0.29) is 0 Å². The van der Waals surface area contributed by atoms with Gasteiger partial charge in [-0.3, -0.25) is 9.59 Å². The zero-order valence-electron chi connectivity index (χ0n) is 14.4. The molecule has 1 atom stereocenters. The molecule has 2 rings (SSSR count). The molecule has 2 aromatic rings. The molecule has 0 aliphatic heterocycles. The van der Waals surface area contributed by atoms with E-state index in [9.17, 15) is 14.4 Å². The van der Waals surface area contributed by atoms with Crippen LogP contribution in [0.15, 0.2) is 48.5 Å². The molecule has 0 aliphatic rings. The summed E-state index contributed by atoms with van der Waals surface area (Å²) in [5.41, 5.74) is 1.92. The molecule has 0 fully saturated rings. The molecule has 0 aromatic heterocycles. The van der Waals surface area contributed by atoms with Crippen LogP contribution < -0.4 is 10.6 Å². The number of hydrogen-bond donors (Lipinski definition) is 2. The van der Waals surface area contributed by atoms with E-state index in [0.29, 0.717) is 16.3 Å². The maximum absolute atomic E-state index is 12.0. The number of benzene rings is 2. The smallest absolute Gasteiger partial charge is 0.328 e. The van der Waals surface area contributed by atoms with Gasteiger partial charge in [0.05, 0.1) is 0 Å². The Balaban J connectivity index is 1.81. The lowest BCUT2D eigenvalue weighted by atomic mass is 10.2. The fourth-order valence-electron chi connectivity index (χ4n) is 2.10. The van der Waals surface area contributed by atoms with Crippen LogP contribution in [-0.4, -0.2) is 30.4 Å². The number of esters is 1. The highest BCUT2D eigenvalue weighted by Crippen LogP contribution is 2.13. The maximum atomic E-state index is 12.0. The molecule has 0 bridgehead atoms. The molecule has 26 heavy (non-hydrogen) atoms. The van der Waals surface area contributed by atoms with Crippen molar-refractivity contribution in [2.75, 3.05) is 11.9 Å². The van der Waals surface area contributed by atoms with Gasteiger partial charge in [0, 0.05) is 16.3 Å². The monoisotopic (exact) mass is 374 g/mol. The van der Waals surface area contributed by atoms with Gasteiger partial charge in [0.2, 0.25) is 0 Å². The molecule has 0 aliphatic carbocycles. The van der Waals surface area contributed by atoms with E-state index in [4.69, 9.17) is 16.3 Å². The van der Waals surface area contributed by atoms with Gasteiger partial charge in [-0.15, -0.1) is 0 Å². The maximum Gasteiger partial charge on any atom is 0.328 e. The lowest BCUT2D eigenvalue weighted by Crippen LogP contribution is -2.40. The summed E-state index contributed by atoms with van der Waals surface area (Å²) in [7, 11) is 0. The third-order valence-corrected chi connectivity index (χ3v) is 3.82. The van der Waals surface area contributed by atoms with E-state index in [2.05, 4.69) is 10.6 Å². The average molecular weight is 375 g/mol. The molecule has 6 nitrogen and oxygen atoms in total. The molecule has 0 heterocycles. The van der Waals surface area contributed by atoms with E-state index in [1.54, 1.807) is 36.4 Å². The highest BCUT2D eigenvalue weighted by molar-refractivity contribution is 6.30. The van der Waals surface area contributed by atoms with Crippen molar-refractivity contribution in [3.63, 3.8) is 0 Å². The van der Waals surface area contributed by atoms with Gasteiger partial charge in [0.1, 0.15) is 6.04 Å². The van der Waals surface area contributed by atoms with Crippen molar-refractivity contribution in [1.82, 2.24) is 5.32 Å². The van der Waals surface area contributed by atoms with Crippen LogP contribution in [0.5, 0.6) is 0 Å². The van der Waals surface area contributed by atoms with E-state index in [0.717, 1.165) is 5.56 Å². The Morgan fingerprint density at radius 2 is 1.73 bits per heavy atom. The van der Waals surface area contributed by atoms with Gasteiger partial charge < -0.3 is 15.4 Å². The largest absolute Gasteiger partial charge is 0.454 e. The first-order chi connectivity index (χ1) is 12.4. The minimum Gasteiger partial charge on any atom is -0.454 e. The first-order valence-electron chi connectivity index (χ1n) is 7.95. The summed E-state index contributed by atoms with van der Waals surface area (Å²) >= 11 is 5.77. The first-order valence-corrected chi connectivity index (χ1v) is 8.33. The van der Waals surface area contributed by atoms with Gasteiger partial charge in [0.15, 0.2) is 6.61 Å². The van der Waals surface area contributed by atoms with Crippen LogP contribution in [0.25, 0.3) is 0 Å². The number of aryl methyl sites for hydroxylation is 1. The topological polar surface area (TPSA) is 84.5 Å². The molecule has 0 spiro atoms. The van der Waals surface area contributed by atoms with Crippen molar-refractivity contribution in [2.24, 2.45) is 0 Å². The number of carbonyl (C=O) groups is 3. The SMILES string of the molecule is Cc1ccccc1NC(=O)COC(=O)[C@H](C)NC(=O)c1ccc(Cl)cc1. The standard InChI is InChI=1S/C19H19ClN2O4/c1-12-5-3-4-6-16(12)22-17(23)11-26-19(25)13(2)21-18(24)14-7-9-15(20)10-8-14/h3-10,13H,11H2,1-2H3,(H,21,24)(H,22,23)/t13-/m0/s1. The fourth-order valence-corrected chi connectivity index (χ4v) is 2.23. The molecule has 0 saturated heterocycles. The highest BCUT2D eigenvalue weighted by Gasteiger charge is 2.19. The van der Waals surface area contributed by atoms with Gasteiger partial charge in [-0.25, -0.2) is 4.79 Å². The van der Waals surface area contributed by atoms with Crippen LogP contribution in [0.2, 0.25) is 5.02 Å². The molecule has 0 radical (unpaired) electrons. The van der Waals surface area contributed by atoms with Crippen LogP contribution in [0.1, 0.15) is 22.8 Å². The normalized spacial score (nSPS) is 11.3. The zero-order valence-corrected chi connectivity index (χ0v) is 15.2. The predicted molar refractivity (Wildman–Crippen MR) is 99.1 cm³/mol. The predicted octanol–water partition coefficient (Wildman–Crippen LogP) is 2.95. The third kappa shape index (κ3) is 5.60. The summed E-state index contributed by atoms with van der Waals surface area (Å²) in [5.74, 6) is -1.59. The van der Waals surface area contributed by atoms with Gasteiger partial charge in [-0.2, -0.15) is 0 Å². The zero-order chi connectivity index (χ0) is 19.1. The van der Waals surface area contributed by atoms with Crippen LogP contribution in [-0.2, 0) is 14.3 Å². The van der Waals surface area contributed by atoms with Crippen LogP contribution in [0.3, 0.4) is 0 Å². The number of ether oxygens (including phenoxy) is 1. The second-order valence-corrected chi connectivity index (χ2v) is 6.11. The molecular formula is C19H19ClN2O4. The van der Waals surface area contributed by atoms with Crippen molar-refractivity contribution >= 4 is 35.1 Å². The van der Waals surface area contributed by atoms with E-state index in [1.165, 1.54) is 6.92 Å². The highest BCUT2D eigenvalue weighted by atomic mass is 35.5. The van der Waals surface area contributed by atoms with Crippen molar-refractivity contribution in [2.45, 2.75) is 19.9 Å². The number of hydrogen-bond acceptors (Lipinski definition) is 4. The molecular weight excluding hydrogens is 356 g/mol. The molecule has 0 saturated carbocycles.